The molecule has 6 aliphatic rings. The highest BCUT2D eigenvalue weighted by atomic mass is 16.7. The van der Waals surface area contributed by atoms with Crippen LogP contribution in [0, 0.1) is 52.3 Å². The number of fused-ring (bicyclic) bond motifs is 7. The molecule has 0 bridgehead atoms. The van der Waals surface area contributed by atoms with Crippen molar-refractivity contribution in [3.63, 3.8) is 0 Å². The average molecular weight is 429 g/mol. The number of hydrogen-bond acceptors (Lipinski definition) is 4. The normalized spacial score (nSPS) is 58.6. The number of hydrogen-bond donors (Lipinski definition) is 0. The molecule has 2 saturated heterocycles. The van der Waals surface area contributed by atoms with Gasteiger partial charge >= 0.3 is 0 Å². The van der Waals surface area contributed by atoms with Crippen molar-refractivity contribution in [2.75, 3.05) is 6.61 Å². The third kappa shape index (κ3) is 2.67. The highest BCUT2D eigenvalue weighted by molar-refractivity contribution is 5.90. The quantitative estimate of drug-likeness (QED) is 0.533. The van der Waals surface area contributed by atoms with E-state index in [0.717, 1.165) is 25.9 Å². The van der Waals surface area contributed by atoms with E-state index in [1.165, 1.54) is 19.3 Å². The fraction of sp³-hybridized carbons (Fsp3) is 0.926. The van der Waals surface area contributed by atoms with Gasteiger partial charge in [0.25, 0.3) is 0 Å². The smallest absolute Gasteiger partial charge is 0.171 e. The molecule has 0 aromatic carbocycles. The number of carbonyl (C=O) groups is 2. The Morgan fingerprint density at radius 1 is 0.935 bits per heavy atom. The van der Waals surface area contributed by atoms with E-state index in [-0.39, 0.29) is 28.6 Å². The molecule has 172 valence electrons. The zero-order valence-corrected chi connectivity index (χ0v) is 19.8. The van der Waals surface area contributed by atoms with Gasteiger partial charge in [0.2, 0.25) is 0 Å². The summed E-state index contributed by atoms with van der Waals surface area (Å²) in [5, 5.41) is 0. The van der Waals surface area contributed by atoms with E-state index >= 15 is 0 Å². The maximum absolute atomic E-state index is 13.3. The van der Waals surface area contributed by atoms with Gasteiger partial charge in [0, 0.05) is 37.5 Å². The predicted molar refractivity (Wildman–Crippen MR) is 117 cm³/mol. The molecule has 0 radical (unpaired) electrons. The summed E-state index contributed by atoms with van der Waals surface area (Å²) in [6, 6.07) is 0. The first-order valence-electron chi connectivity index (χ1n) is 13.0. The molecule has 2 heterocycles. The maximum Gasteiger partial charge on any atom is 0.171 e. The molecule has 4 aliphatic carbocycles. The lowest BCUT2D eigenvalue weighted by Gasteiger charge is -2.59. The Morgan fingerprint density at radius 3 is 2.48 bits per heavy atom. The van der Waals surface area contributed by atoms with Crippen molar-refractivity contribution in [2.24, 2.45) is 52.3 Å². The lowest BCUT2D eigenvalue weighted by atomic mass is 9.44. The van der Waals surface area contributed by atoms with Gasteiger partial charge in [-0.3, -0.25) is 9.59 Å². The molecule has 0 N–H and O–H groups in total. The molecule has 0 amide bonds. The van der Waals surface area contributed by atoms with E-state index in [9.17, 15) is 9.59 Å². The molecule has 4 heteroatoms. The minimum absolute atomic E-state index is 0.0173. The average Bonchev–Trinajstić information content (AvgIpc) is 3.17. The van der Waals surface area contributed by atoms with Crippen LogP contribution in [0.4, 0.5) is 0 Å². The van der Waals surface area contributed by atoms with Crippen molar-refractivity contribution in [1.82, 2.24) is 0 Å². The number of carbonyl (C=O) groups excluding carboxylic acids is 2. The third-order valence-electron chi connectivity index (χ3n) is 11.5. The van der Waals surface area contributed by atoms with Crippen molar-refractivity contribution in [2.45, 2.75) is 97.4 Å². The molecule has 6 fully saturated rings. The second kappa shape index (κ2) is 6.65. The van der Waals surface area contributed by atoms with E-state index in [1.807, 2.05) is 0 Å². The van der Waals surface area contributed by atoms with Crippen LogP contribution in [0.2, 0.25) is 0 Å². The SMILES string of the molecule is CC1C2C(C[C@H]3[C@@H]4CC(=O)[C@H]5CC(=O)CC[C@]5(C)[C@H]4CC[C@]23C)O[C@]12CC[C@H](C)CO2. The topological polar surface area (TPSA) is 52.6 Å². The van der Waals surface area contributed by atoms with Gasteiger partial charge in [-0.1, -0.05) is 27.7 Å². The van der Waals surface area contributed by atoms with Crippen LogP contribution in [-0.4, -0.2) is 30.1 Å². The van der Waals surface area contributed by atoms with E-state index in [1.54, 1.807) is 0 Å². The molecule has 4 saturated carbocycles. The zero-order chi connectivity index (χ0) is 21.8. The van der Waals surface area contributed by atoms with Gasteiger partial charge in [-0.05, 0) is 72.5 Å². The number of rotatable bonds is 0. The van der Waals surface area contributed by atoms with Crippen LogP contribution in [0.25, 0.3) is 0 Å². The fourth-order valence-corrected chi connectivity index (χ4v) is 9.85. The van der Waals surface area contributed by atoms with Crippen LogP contribution in [0.1, 0.15) is 85.5 Å². The first-order chi connectivity index (χ1) is 14.7. The Hall–Kier alpha value is -0.740. The standard InChI is InChI=1S/C27H40O4/c1-15-5-10-27(30-14-15)16(2)24-23(31-27)13-20-18-12-22(29)21-11-17(28)6-8-25(21,3)19(18)7-9-26(20,24)4/h15-16,18-21,23-24H,5-14H2,1-4H3/t15-,16?,18+,19-,20-,21+,23?,24?,25+,26-,27+/m0/s1. The van der Waals surface area contributed by atoms with Gasteiger partial charge < -0.3 is 9.47 Å². The highest BCUT2D eigenvalue weighted by Gasteiger charge is 2.69. The summed E-state index contributed by atoms with van der Waals surface area (Å²) in [4.78, 5) is 25.5. The van der Waals surface area contributed by atoms with Crippen molar-refractivity contribution in [3.05, 3.63) is 0 Å². The van der Waals surface area contributed by atoms with E-state index < -0.39 is 0 Å². The summed E-state index contributed by atoms with van der Waals surface area (Å²) < 4.78 is 13.3. The fourth-order valence-electron chi connectivity index (χ4n) is 9.85. The van der Waals surface area contributed by atoms with Crippen LogP contribution >= 0.6 is 0 Å². The molecule has 4 nitrogen and oxygen atoms in total. The van der Waals surface area contributed by atoms with Crippen molar-refractivity contribution >= 4 is 11.6 Å². The second-order valence-corrected chi connectivity index (χ2v) is 12.9. The monoisotopic (exact) mass is 428 g/mol. The van der Waals surface area contributed by atoms with Gasteiger partial charge in [-0.2, -0.15) is 0 Å². The molecule has 2 aliphatic heterocycles. The summed E-state index contributed by atoms with van der Waals surface area (Å²) in [6.45, 7) is 10.4. The Labute approximate surface area is 187 Å². The van der Waals surface area contributed by atoms with Crippen LogP contribution in [0.5, 0.6) is 0 Å². The molecule has 6 rings (SSSR count). The predicted octanol–water partition coefficient (Wildman–Crippen LogP) is 5.18. The molecule has 3 unspecified atom stereocenters. The lowest BCUT2D eigenvalue weighted by molar-refractivity contribution is -0.273. The van der Waals surface area contributed by atoms with Gasteiger partial charge in [0.05, 0.1) is 12.7 Å². The molecule has 0 aromatic heterocycles. The largest absolute Gasteiger partial charge is 0.349 e. The van der Waals surface area contributed by atoms with Crippen LogP contribution < -0.4 is 0 Å². The summed E-state index contributed by atoms with van der Waals surface area (Å²) in [7, 11) is 0. The first kappa shape index (κ1) is 20.8. The van der Waals surface area contributed by atoms with Gasteiger partial charge in [0.1, 0.15) is 11.6 Å². The lowest BCUT2D eigenvalue weighted by Crippen LogP contribution is -2.57. The maximum atomic E-state index is 13.3. The van der Waals surface area contributed by atoms with Crippen LogP contribution in [-0.2, 0) is 19.1 Å². The Kier molecular flexibility index (Phi) is 4.47. The molecular weight excluding hydrogens is 388 g/mol. The van der Waals surface area contributed by atoms with E-state index in [4.69, 9.17) is 9.47 Å². The molecule has 1 spiro atoms. The zero-order valence-electron chi connectivity index (χ0n) is 19.8. The van der Waals surface area contributed by atoms with E-state index in [2.05, 4.69) is 27.7 Å². The van der Waals surface area contributed by atoms with Crippen molar-refractivity contribution < 1.29 is 19.1 Å². The van der Waals surface area contributed by atoms with Crippen molar-refractivity contribution in [3.8, 4) is 0 Å². The molecule has 31 heavy (non-hydrogen) atoms. The second-order valence-electron chi connectivity index (χ2n) is 12.9. The molecular formula is C27H40O4. The first-order valence-corrected chi connectivity index (χ1v) is 13.0. The minimum Gasteiger partial charge on any atom is -0.349 e. The highest BCUT2D eigenvalue weighted by Crippen LogP contribution is 2.70. The number of ketones is 2. The van der Waals surface area contributed by atoms with Gasteiger partial charge in [-0.15, -0.1) is 0 Å². The van der Waals surface area contributed by atoms with E-state index in [0.29, 0.717) is 66.3 Å². The Bertz CT molecular complexity index is 797. The van der Waals surface area contributed by atoms with Crippen LogP contribution in [0.15, 0.2) is 0 Å². The molecule has 0 aromatic rings. The summed E-state index contributed by atoms with van der Waals surface area (Å²) in [5.74, 6) is 3.54. The number of ether oxygens (including phenoxy) is 2. The van der Waals surface area contributed by atoms with Crippen LogP contribution in [0.3, 0.4) is 0 Å². The summed E-state index contributed by atoms with van der Waals surface area (Å²) in [5.41, 5.74) is 0.276. The van der Waals surface area contributed by atoms with Gasteiger partial charge in [-0.25, -0.2) is 0 Å². The third-order valence-corrected chi connectivity index (χ3v) is 11.5. The Balaban J connectivity index is 1.29. The number of Topliss-reactive ketones (excluding diaryl/α,β-unsaturated/α-hetero) is 2. The van der Waals surface area contributed by atoms with Gasteiger partial charge in [0.15, 0.2) is 5.79 Å². The Morgan fingerprint density at radius 2 is 1.74 bits per heavy atom. The van der Waals surface area contributed by atoms with Crippen molar-refractivity contribution in [1.29, 1.82) is 0 Å². The minimum atomic E-state index is -0.365. The summed E-state index contributed by atoms with van der Waals surface area (Å²) >= 11 is 0. The molecule has 11 atom stereocenters. The summed E-state index contributed by atoms with van der Waals surface area (Å²) in [6.07, 6.45) is 8.86.